The van der Waals surface area contributed by atoms with Gasteiger partial charge in [-0.25, -0.2) is 4.39 Å². The largest absolute Gasteiger partial charge is 0.456 e. The summed E-state index contributed by atoms with van der Waals surface area (Å²) in [5, 5.41) is 4.08. The van der Waals surface area contributed by atoms with Gasteiger partial charge in [-0.1, -0.05) is 25.1 Å². The lowest BCUT2D eigenvalue weighted by Gasteiger charge is -2.14. The van der Waals surface area contributed by atoms with Crippen molar-refractivity contribution in [1.29, 1.82) is 0 Å². The van der Waals surface area contributed by atoms with Gasteiger partial charge < -0.3 is 9.73 Å². The van der Waals surface area contributed by atoms with Crippen molar-refractivity contribution in [2.24, 2.45) is 0 Å². The Bertz CT molecular complexity index is 709. The van der Waals surface area contributed by atoms with E-state index < -0.39 is 0 Å². The Balaban J connectivity index is 2.08. The van der Waals surface area contributed by atoms with Gasteiger partial charge >= 0.3 is 0 Å². The molecule has 4 heteroatoms. The van der Waals surface area contributed by atoms with Gasteiger partial charge in [0, 0.05) is 11.6 Å². The molecule has 0 radical (unpaired) electrons. The molecule has 0 aliphatic heterocycles. The monoisotopic (exact) mass is 270 g/mol. The molecule has 0 aliphatic rings. The summed E-state index contributed by atoms with van der Waals surface area (Å²) in [4.78, 5) is 4.35. The second-order valence-corrected chi connectivity index (χ2v) is 4.55. The number of hydrogen-bond acceptors (Lipinski definition) is 3. The molecule has 0 aliphatic carbocycles. The van der Waals surface area contributed by atoms with E-state index in [1.165, 1.54) is 6.07 Å². The highest BCUT2D eigenvalue weighted by Gasteiger charge is 2.19. The number of aromatic nitrogens is 1. The van der Waals surface area contributed by atoms with Crippen LogP contribution in [0.3, 0.4) is 0 Å². The summed E-state index contributed by atoms with van der Waals surface area (Å²) in [7, 11) is 0. The first kappa shape index (κ1) is 12.8. The van der Waals surface area contributed by atoms with Crippen LogP contribution in [0.1, 0.15) is 24.4 Å². The first-order chi connectivity index (χ1) is 9.79. The summed E-state index contributed by atoms with van der Waals surface area (Å²) >= 11 is 0. The molecule has 3 rings (SSSR count). The highest BCUT2D eigenvalue weighted by Crippen LogP contribution is 2.28. The zero-order valence-corrected chi connectivity index (χ0v) is 11.1. The van der Waals surface area contributed by atoms with E-state index in [-0.39, 0.29) is 11.9 Å². The predicted molar refractivity (Wildman–Crippen MR) is 75.9 cm³/mol. The normalized spacial score (nSPS) is 12.7. The Labute approximate surface area is 116 Å². The standard InChI is InChI=1S/C16H15FN2O/c1-2-18-15(13-8-3-4-9-19-13)14-10-11-6-5-7-12(17)16(11)20-14/h3-10,15,18H,2H2,1H3. The minimum absolute atomic E-state index is 0.173. The quantitative estimate of drug-likeness (QED) is 0.786. The summed E-state index contributed by atoms with van der Waals surface area (Å²) < 4.78 is 19.4. The van der Waals surface area contributed by atoms with Gasteiger partial charge in [0.2, 0.25) is 0 Å². The fourth-order valence-corrected chi connectivity index (χ4v) is 2.29. The van der Waals surface area contributed by atoms with Crippen molar-refractivity contribution in [2.45, 2.75) is 13.0 Å². The predicted octanol–water partition coefficient (Wildman–Crippen LogP) is 3.67. The molecule has 0 fully saturated rings. The number of benzene rings is 1. The molecule has 0 saturated heterocycles. The zero-order chi connectivity index (χ0) is 13.9. The van der Waals surface area contributed by atoms with Crippen LogP contribution >= 0.6 is 0 Å². The molecule has 0 amide bonds. The first-order valence-corrected chi connectivity index (χ1v) is 6.62. The van der Waals surface area contributed by atoms with Crippen LogP contribution in [-0.2, 0) is 0 Å². The molecule has 1 N–H and O–H groups in total. The van der Waals surface area contributed by atoms with E-state index in [1.54, 1.807) is 12.3 Å². The van der Waals surface area contributed by atoms with Gasteiger partial charge in [-0.15, -0.1) is 0 Å². The molecule has 102 valence electrons. The summed E-state index contributed by atoms with van der Waals surface area (Å²) in [6.45, 7) is 2.78. The lowest BCUT2D eigenvalue weighted by molar-refractivity contribution is 0.460. The Hall–Kier alpha value is -2.20. The summed E-state index contributed by atoms with van der Waals surface area (Å²) in [6, 6.07) is 12.3. The van der Waals surface area contributed by atoms with Crippen LogP contribution in [0.5, 0.6) is 0 Å². The second-order valence-electron chi connectivity index (χ2n) is 4.55. The molecule has 0 spiro atoms. The van der Waals surface area contributed by atoms with E-state index in [0.29, 0.717) is 11.3 Å². The number of furan rings is 1. The van der Waals surface area contributed by atoms with Gasteiger partial charge in [-0.2, -0.15) is 0 Å². The Morgan fingerprint density at radius 2 is 2.15 bits per heavy atom. The summed E-state index contributed by atoms with van der Waals surface area (Å²) in [5.41, 5.74) is 1.15. The van der Waals surface area contributed by atoms with Crippen molar-refractivity contribution >= 4 is 11.0 Å². The Morgan fingerprint density at radius 1 is 1.25 bits per heavy atom. The fourth-order valence-electron chi connectivity index (χ4n) is 2.29. The van der Waals surface area contributed by atoms with Crippen molar-refractivity contribution in [3.63, 3.8) is 0 Å². The molecule has 3 nitrogen and oxygen atoms in total. The molecular formula is C16H15FN2O. The smallest absolute Gasteiger partial charge is 0.169 e. The molecule has 2 aromatic heterocycles. The highest BCUT2D eigenvalue weighted by atomic mass is 19.1. The summed E-state index contributed by atoms with van der Waals surface area (Å²) in [6.07, 6.45) is 1.74. The molecule has 1 unspecified atom stereocenters. The van der Waals surface area contributed by atoms with E-state index in [2.05, 4.69) is 10.3 Å². The lowest BCUT2D eigenvalue weighted by Crippen LogP contribution is -2.22. The van der Waals surface area contributed by atoms with Gasteiger partial charge in [0.15, 0.2) is 11.4 Å². The molecule has 0 saturated carbocycles. The van der Waals surface area contributed by atoms with E-state index >= 15 is 0 Å². The van der Waals surface area contributed by atoms with E-state index in [1.807, 2.05) is 37.3 Å². The van der Waals surface area contributed by atoms with Crippen molar-refractivity contribution in [1.82, 2.24) is 10.3 Å². The third kappa shape index (κ3) is 2.30. The SMILES string of the molecule is CCNC(c1ccccn1)c1cc2cccc(F)c2o1. The molecule has 20 heavy (non-hydrogen) atoms. The number of nitrogens with one attached hydrogen (secondary N) is 1. The van der Waals surface area contributed by atoms with Crippen LogP contribution < -0.4 is 5.32 Å². The minimum atomic E-state index is -0.343. The molecule has 1 atom stereocenters. The Kier molecular flexibility index (Phi) is 3.48. The zero-order valence-electron chi connectivity index (χ0n) is 11.1. The van der Waals surface area contributed by atoms with Gasteiger partial charge in [-0.3, -0.25) is 4.98 Å². The van der Waals surface area contributed by atoms with Crippen molar-refractivity contribution in [2.75, 3.05) is 6.54 Å². The van der Waals surface area contributed by atoms with Gasteiger partial charge in [0.05, 0.1) is 5.69 Å². The number of halogens is 1. The number of fused-ring (bicyclic) bond motifs is 1. The van der Waals surface area contributed by atoms with Crippen LogP contribution in [0.15, 0.2) is 53.1 Å². The van der Waals surface area contributed by atoms with Crippen LogP contribution in [0.2, 0.25) is 0 Å². The van der Waals surface area contributed by atoms with Gasteiger partial charge in [0.25, 0.3) is 0 Å². The lowest BCUT2D eigenvalue weighted by atomic mass is 10.1. The summed E-state index contributed by atoms with van der Waals surface area (Å²) in [5.74, 6) is 0.329. The Morgan fingerprint density at radius 3 is 2.85 bits per heavy atom. The van der Waals surface area contributed by atoms with Crippen LogP contribution in [0.4, 0.5) is 4.39 Å². The number of pyridine rings is 1. The molecule has 3 aromatic rings. The van der Waals surface area contributed by atoms with Gasteiger partial charge in [0.1, 0.15) is 11.8 Å². The topological polar surface area (TPSA) is 38.1 Å². The highest BCUT2D eigenvalue weighted by molar-refractivity contribution is 5.78. The number of nitrogens with zero attached hydrogens (tertiary/aromatic N) is 1. The second kappa shape index (κ2) is 5.43. The van der Waals surface area contributed by atoms with Crippen LogP contribution in [-0.4, -0.2) is 11.5 Å². The maximum absolute atomic E-state index is 13.7. The molecule has 0 bridgehead atoms. The average Bonchev–Trinajstić information content (AvgIpc) is 2.91. The average molecular weight is 270 g/mol. The van der Waals surface area contributed by atoms with E-state index in [0.717, 1.165) is 17.6 Å². The van der Waals surface area contributed by atoms with Crippen LogP contribution in [0, 0.1) is 5.82 Å². The third-order valence-corrected chi connectivity index (χ3v) is 3.19. The third-order valence-electron chi connectivity index (χ3n) is 3.19. The van der Waals surface area contributed by atoms with Crippen molar-refractivity contribution in [3.05, 3.63) is 65.9 Å². The fraction of sp³-hybridized carbons (Fsp3) is 0.188. The number of hydrogen-bond donors (Lipinski definition) is 1. The maximum atomic E-state index is 13.7. The van der Waals surface area contributed by atoms with E-state index in [4.69, 9.17) is 4.42 Å². The first-order valence-electron chi connectivity index (χ1n) is 6.62. The number of rotatable bonds is 4. The molecule has 1 aromatic carbocycles. The molecular weight excluding hydrogens is 255 g/mol. The van der Waals surface area contributed by atoms with Crippen LogP contribution in [0.25, 0.3) is 11.0 Å². The maximum Gasteiger partial charge on any atom is 0.169 e. The minimum Gasteiger partial charge on any atom is -0.456 e. The molecule has 2 heterocycles. The van der Waals surface area contributed by atoms with Crippen molar-refractivity contribution in [3.8, 4) is 0 Å². The number of para-hydroxylation sites is 1. The van der Waals surface area contributed by atoms with Gasteiger partial charge in [-0.05, 0) is 30.8 Å². The van der Waals surface area contributed by atoms with Crippen molar-refractivity contribution < 1.29 is 8.81 Å². The van der Waals surface area contributed by atoms with E-state index in [9.17, 15) is 4.39 Å².